The molecule has 0 saturated heterocycles. The topological polar surface area (TPSA) is 45.0 Å². The standard InChI is InChI=1S/C15H11Br2FN2O/c1-21-15-6-14(11(16)5-12(15)17)20-8-9-2-3-13(18)10(4-9)7-19/h2-6,20H,8H2,1H3. The maximum absolute atomic E-state index is 13.3. The molecular weight excluding hydrogens is 403 g/mol. The van der Waals surface area contributed by atoms with E-state index in [9.17, 15) is 4.39 Å². The number of anilines is 1. The van der Waals surface area contributed by atoms with E-state index in [0.717, 1.165) is 20.2 Å². The van der Waals surface area contributed by atoms with Gasteiger partial charge in [-0.1, -0.05) is 6.07 Å². The highest BCUT2D eigenvalue weighted by molar-refractivity contribution is 9.11. The van der Waals surface area contributed by atoms with E-state index in [-0.39, 0.29) is 5.56 Å². The van der Waals surface area contributed by atoms with E-state index in [1.54, 1.807) is 13.2 Å². The Labute approximate surface area is 139 Å². The van der Waals surface area contributed by atoms with E-state index in [2.05, 4.69) is 37.2 Å². The van der Waals surface area contributed by atoms with Gasteiger partial charge in [-0.25, -0.2) is 4.39 Å². The van der Waals surface area contributed by atoms with Crippen molar-refractivity contribution in [3.05, 3.63) is 56.2 Å². The van der Waals surface area contributed by atoms with Crippen LogP contribution in [0.3, 0.4) is 0 Å². The summed E-state index contributed by atoms with van der Waals surface area (Å²) < 4.78 is 20.2. The summed E-state index contributed by atoms with van der Waals surface area (Å²) in [5, 5.41) is 12.1. The molecule has 0 amide bonds. The van der Waals surface area contributed by atoms with Crippen LogP contribution in [0.5, 0.6) is 5.75 Å². The second-order valence-electron chi connectivity index (χ2n) is 4.25. The van der Waals surface area contributed by atoms with Crippen LogP contribution >= 0.6 is 31.9 Å². The Morgan fingerprint density at radius 2 is 2.00 bits per heavy atom. The van der Waals surface area contributed by atoms with Crippen molar-refractivity contribution in [2.24, 2.45) is 0 Å². The predicted molar refractivity (Wildman–Crippen MR) is 86.8 cm³/mol. The van der Waals surface area contributed by atoms with Crippen LogP contribution in [0.15, 0.2) is 39.3 Å². The van der Waals surface area contributed by atoms with Crippen LogP contribution in [-0.2, 0) is 6.54 Å². The molecule has 0 aliphatic carbocycles. The van der Waals surface area contributed by atoms with Gasteiger partial charge in [0.2, 0.25) is 0 Å². The number of nitrogens with zero attached hydrogens (tertiary/aromatic N) is 1. The number of nitriles is 1. The van der Waals surface area contributed by atoms with Crippen LogP contribution in [0.25, 0.3) is 0 Å². The average Bonchev–Trinajstić information content (AvgIpc) is 2.47. The van der Waals surface area contributed by atoms with Crippen LogP contribution in [0.1, 0.15) is 11.1 Å². The van der Waals surface area contributed by atoms with Crippen LogP contribution in [0.4, 0.5) is 10.1 Å². The molecule has 2 rings (SSSR count). The maximum Gasteiger partial charge on any atom is 0.140 e. The van der Waals surface area contributed by atoms with Gasteiger partial charge in [0, 0.05) is 17.1 Å². The summed E-state index contributed by atoms with van der Waals surface area (Å²) in [4.78, 5) is 0. The molecule has 0 bridgehead atoms. The molecular formula is C15H11Br2FN2O. The Morgan fingerprint density at radius 3 is 2.67 bits per heavy atom. The highest BCUT2D eigenvalue weighted by atomic mass is 79.9. The van der Waals surface area contributed by atoms with Crippen molar-refractivity contribution in [1.82, 2.24) is 0 Å². The van der Waals surface area contributed by atoms with Crippen molar-refractivity contribution in [3.63, 3.8) is 0 Å². The second-order valence-corrected chi connectivity index (χ2v) is 5.95. The molecule has 2 aromatic carbocycles. The lowest BCUT2D eigenvalue weighted by Gasteiger charge is -2.12. The lowest BCUT2D eigenvalue weighted by atomic mass is 10.1. The van der Waals surface area contributed by atoms with Crippen molar-refractivity contribution in [3.8, 4) is 11.8 Å². The Hall–Kier alpha value is -1.58. The highest BCUT2D eigenvalue weighted by Gasteiger charge is 2.08. The minimum atomic E-state index is -0.507. The van der Waals surface area contributed by atoms with Gasteiger partial charge in [0.15, 0.2) is 0 Å². The zero-order chi connectivity index (χ0) is 15.4. The molecule has 0 saturated carbocycles. The smallest absolute Gasteiger partial charge is 0.140 e. The second kappa shape index (κ2) is 6.92. The molecule has 1 N–H and O–H groups in total. The average molecular weight is 414 g/mol. The molecule has 0 aliphatic heterocycles. The number of halogens is 3. The SMILES string of the molecule is COc1cc(NCc2ccc(F)c(C#N)c2)c(Br)cc1Br. The number of methoxy groups -OCH3 is 1. The molecule has 6 heteroatoms. The molecule has 0 spiro atoms. The van der Waals surface area contributed by atoms with E-state index < -0.39 is 5.82 Å². The summed E-state index contributed by atoms with van der Waals surface area (Å²) in [5.74, 6) is 0.199. The van der Waals surface area contributed by atoms with E-state index in [1.807, 2.05) is 18.2 Å². The molecule has 0 unspecified atom stereocenters. The molecule has 0 heterocycles. The zero-order valence-corrected chi connectivity index (χ0v) is 14.3. The Bertz CT molecular complexity index is 714. The predicted octanol–water partition coefficient (Wildman–Crippen LogP) is 4.84. The van der Waals surface area contributed by atoms with E-state index in [0.29, 0.717) is 12.3 Å². The largest absolute Gasteiger partial charge is 0.495 e. The van der Waals surface area contributed by atoms with Gasteiger partial charge in [-0.05, 0) is 55.6 Å². The van der Waals surface area contributed by atoms with Crippen LogP contribution in [-0.4, -0.2) is 7.11 Å². The molecule has 0 aromatic heterocycles. The van der Waals surface area contributed by atoms with Crippen LogP contribution in [0.2, 0.25) is 0 Å². The molecule has 3 nitrogen and oxygen atoms in total. The number of ether oxygens (including phenoxy) is 1. The van der Waals surface area contributed by atoms with Gasteiger partial charge in [0.25, 0.3) is 0 Å². The first-order valence-electron chi connectivity index (χ1n) is 6.00. The fourth-order valence-electron chi connectivity index (χ4n) is 1.79. The van der Waals surface area contributed by atoms with E-state index in [1.165, 1.54) is 12.1 Å². The van der Waals surface area contributed by atoms with Crippen LogP contribution in [0, 0.1) is 17.1 Å². The normalized spacial score (nSPS) is 10.0. The molecule has 0 fully saturated rings. The van der Waals surface area contributed by atoms with Gasteiger partial charge < -0.3 is 10.1 Å². The number of benzene rings is 2. The lowest BCUT2D eigenvalue weighted by Crippen LogP contribution is -2.01. The van der Waals surface area contributed by atoms with Crippen molar-refractivity contribution in [2.45, 2.75) is 6.54 Å². The molecule has 2 aromatic rings. The summed E-state index contributed by atoms with van der Waals surface area (Å²) in [5.41, 5.74) is 1.71. The van der Waals surface area contributed by atoms with Gasteiger partial charge in [-0.2, -0.15) is 5.26 Å². The first-order chi connectivity index (χ1) is 10.0. The first-order valence-corrected chi connectivity index (χ1v) is 7.59. The number of rotatable bonds is 4. The van der Waals surface area contributed by atoms with Crippen molar-refractivity contribution in [2.75, 3.05) is 12.4 Å². The maximum atomic E-state index is 13.3. The Balaban J connectivity index is 2.19. The third kappa shape index (κ3) is 3.74. The van der Waals surface area contributed by atoms with Gasteiger partial charge in [0.1, 0.15) is 17.6 Å². The fraction of sp³-hybridized carbons (Fsp3) is 0.133. The minimum absolute atomic E-state index is 0.0433. The summed E-state index contributed by atoms with van der Waals surface area (Å²) in [7, 11) is 1.59. The Kier molecular flexibility index (Phi) is 5.21. The molecule has 108 valence electrons. The van der Waals surface area contributed by atoms with Crippen molar-refractivity contribution >= 4 is 37.5 Å². The highest BCUT2D eigenvalue weighted by Crippen LogP contribution is 2.34. The monoisotopic (exact) mass is 412 g/mol. The third-order valence-electron chi connectivity index (χ3n) is 2.88. The lowest BCUT2D eigenvalue weighted by molar-refractivity contribution is 0.412. The fourth-order valence-corrected chi connectivity index (χ4v) is 3.08. The third-order valence-corrected chi connectivity index (χ3v) is 4.15. The zero-order valence-electron chi connectivity index (χ0n) is 11.1. The summed E-state index contributed by atoms with van der Waals surface area (Å²) in [6.07, 6.45) is 0. The number of hydrogen-bond donors (Lipinski definition) is 1. The van der Waals surface area contributed by atoms with E-state index in [4.69, 9.17) is 10.00 Å². The Morgan fingerprint density at radius 1 is 1.24 bits per heavy atom. The molecule has 0 atom stereocenters. The van der Waals surface area contributed by atoms with Gasteiger partial charge in [0.05, 0.1) is 22.8 Å². The van der Waals surface area contributed by atoms with Crippen LogP contribution < -0.4 is 10.1 Å². The number of nitrogens with one attached hydrogen (secondary N) is 1. The van der Waals surface area contributed by atoms with E-state index >= 15 is 0 Å². The van der Waals surface area contributed by atoms with Gasteiger partial charge in [-0.15, -0.1) is 0 Å². The summed E-state index contributed by atoms with van der Waals surface area (Å²) in [6, 6.07) is 10.0. The minimum Gasteiger partial charge on any atom is -0.495 e. The quantitative estimate of drug-likeness (QED) is 0.779. The molecule has 0 radical (unpaired) electrons. The summed E-state index contributed by atoms with van der Waals surface area (Å²) in [6.45, 7) is 0.471. The van der Waals surface area contributed by atoms with Gasteiger partial charge >= 0.3 is 0 Å². The molecule has 21 heavy (non-hydrogen) atoms. The number of hydrogen-bond acceptors (Lipinski definition) is 3. The van der Waals surface area contributed by atoms with Crippen molar-refractivity contribution < 1.29 is 9.13 Å². The molecule has 0 aliphatic rings. The van der Waals surface area contributed by atoms with Gasteiger partial charge in [-0.3, -0.25) is 0 Å². The summed E-state index contributed by atoms with van der Waals surface area (Å²) >= 11 is 6.87. The van der Waals surface area contributed by atoms with Crippen molar-refractivity contribution in [1.29, 1.82) is 5.26 Å². The first kappa shape index (κ1) is 15.8.